The van der Waals surface area contributed by atoms with E-state index in [1.165, 1.54) is 31.7 Å². The SMILES string of the molecule is O=C(CCC1CCCC1)c1cc(Cl)cc(F)c1Cl. The Kier molecular flexibility index (Phi) is 4.63. The first-order chi connectivity index (χ1) is 8.58. The summed E-state index contributed by atoms with van der Waals surface area (Å²) >= 11 is 11.5. The molecule has 1 aliphatic carbocycles. The third-order valence-corrected chi connectivity index (χ3v) is 4.15. The highest BCUT2D eigenvalue weighted by Crippen LogP contribution is 2.31. The van der Waals surface area contributed by atoms with Crippen molar-refractivity contribution >= 4 is 29.0 Å². The van der Waals surface area contributed by atoms with Gasteiger partial charge in [0.05, 0.1) is 5.02 Å². The Labute approximate surface area is 116 Å². The average molecular weight is 289 g/mol. The Morgan fingerprint density at radius 1 is 1.28 bits per heavy atom. The molecule has 1 nitrogen and oxygen atoms in total. The summed E-state index contributed by atoms with van der Waals surface area (Å²) < 4.78 is 13.4. The highest BCUT2D eigenvalue weighted by molar-refractivity contribution is 6.36. The molecule has 0 heterocycles. The molecule has 4 heteroatoms. The van der Waals surface area contributed by atoms with Crippen LogP contribution in [0.5, 0.6) is 0 Å². The molecule has 1 aromatic carbocycles. The molecule has 0 spiro atoms. The van der Waals surface area contributed by atoms with Gasteiger partial charge in [-0.1, -0.05) is 48.9 Å². The molecule has 0 unspecified atom stereocenters. The van der Waals surface area contributed by atoms with Crippen LogP contribution in [0.1, 0.15) is 48.9 Å². The fourth-order valence-electron chi connectivity index (χ4n) is 2.53. The van der Waals surface area contributed by atoms with Crippen LogP contribution in [0.25, 0.3) is 0 Å². The van der Waals surface area contributed by atoms with Gasteiger partial charge in [0.25, 0.3) is 0 Å². The molecule has 98 valence electrons. The van der Waals surface area contributed by atoms with Crippen molar-refractivity contribution in [2.75, 3.05) is 0 Å². The molecule has 1 fully saturated rings. The van der Waals surface area contributed by atoms with Gasteiger partial charge in [0.15, 0.2) is 5.78 Å². The zero-order chi connectivity index (χ0) is 13.1. The molecule has 18 heavy (non-hydrogen) atoms. The van der Waals surface area contributed by atoms with Gasteiger partial charge < -0.3 is 0 Å². The van der Waals surface area contributed by atoms with E-state index in [1.807, 2.05) is 0 Å². The quantitative estimate of drug-likeness (QED) is 0.544. The summed E-state index contributed by atoms with van der Waals surface area (Å²) in [5, 5.41) is 0.0944. The molecular formula is C14H15Cl2FO. The molecule has 0 aliphatic heterocycles. The first-order valence-electron chi connectivity index (χ1n) is 6.25. The van der Waals surface area contributed by atoms with Gasteiger partial charge in [0.2, 0.25) is 0 Å². The lowest BCUT2D eigenvalue weighted by molar-refractivity contribution is 0.0973. The smallest absolute Gasteiger partial charge is 0.164 e. The molecule has 0 bridgehead atoms. The zero-order valence-electron chi connectivity index (χ0n) is 10.0. The van der Waals surface area contributed by atoms with Crippen LogP contribution >= 0.6 is 23.2 Å². The summed E-state index contributed by atoms with van der Waals surface area (Å²) in [5.41, 5.74) is 0.208. The molecular weight excluding hydrogens is 274 g/mol. The van der Waals surface area contributed by atoms with Crippen molar-refractivity contribution in [3.63, 3.8) is 0 Å². The van der Waals surface area contributed by atoms with Gasteiger partial charge in [0, 0.05) is 17.0 Å². The van der Waals surface area contributed by atoms with E-state index in [1.54, 1.807) is 0 Å². The summed E-state index contributed by atoms with van der Waals surface area (Å²) in [5.74, 6) is -0.113. The fraction of sp³-hybridized carbons (Fsp3) is 0.500. The van der Waals surface area contributed by atoms with E-state index in [0.29, 0.717) is 12.3 Å². The van der Waals surface area contributed by atoms with Gasteiger partial charge in [0.1, 0.15) is 5.82 Å². The van der Waals surface area contributed by atoms with Crippen molar-refractivity contribution in [1.29, 1.82) is 0 Å². The maximum absolute atomic E-state index is 13.4. The predicted octanol–water partition coefficient (Wildman–Crippen LogP) is 5.29. The second kappa shape index (κ2) is 6.03. The van der Waals surface area contributed by atoms with Crippen molar-refractivity contribution in [1.82, 2.24) is 0 Å². The Hall–Kier alpha value is -0.600. The van der Waals surface area contributed by atoms with Crippen LogP contribution in [0.3, 0.4) is 0 Å². The lowest BCUT2D eigenvalue weighted by Gasteiger charge is -2.09. The molecule has 2 rings (SSSR count). The van der Waals surface area contributed by atoms with E-state index in [9.17, 15) is 9.18 Å². The number of carbonyl (C=O) groups is 1. The number of benzene rings is 1. The topological polar surface area (TPSA) is 17.1 Å². The Balaban J connectivity index is 2.04. The summed E-state index contributed by atoms with van der Waals surface area (Å²) in [6.45, 7) is 0. The molecule has 0 aromatic heterocycles. The first kappa shape index (κ1) is 13.8. The molecule has 1 saturated carbocycles. The highest BCUT2D eigenvalue weighted by Gasteiger charge is 2.19. The first-order valence-corrected chi connectivity index (χ1v) is 7.01. The largest absolute Gasteiger partial charge is 0.294 e. The van der Waals surface area contributed by atoms with Crippen molar-refractivity contribution in [3.8, 4) is 0 Å². The molecule has 0 atom stereocenters. The van der Waals surface area contributed by atoms with E-state index in [0.717, 1.165) is 12.5 Å². The summed E-state index contributed by atoms with van der Waals surface area (Å²) in [4.78, 5) is 12.0. The molecule has 0 radical (unpaired) electrons. The molecule has 1 aliphatic rings. The van der Waals surface area contributed by atoms with E-state index < -0.39 is 5.82 Å². The number of hydrogen-bond acceptors (Lipinski definition) is 1. The number of halogens is 3. The van der Waals surface area contributed by atoms with Gasteiger partial charge >= 0.3 is 0 Å². The molecule has 0 N–H and O–H groups in total. The van der Waals surface area contributed by atoms with Crippen LogP contribution < -0.4 is 0 Å². The second-order valence-corrected chi connectivity index (χ2v) is 5.68. The fourth-order valence-corrected chi connectivity index (χ4v) is 2.95. The van der Waals surface area contributed by atoms with Crippen LogP contribution in [0.15, 0.2) is 12.1 Å². The summed E-state index contributed by atoms with van der Waals surface area (Å²) in [7, 11) is 0. The van der Waals surface area contributed by atoms with Gasteiger partial charge in [-0.15, -0.1) is 0 Å². The third-order valence-electron chi connectivity index (χ3n) is 3.55. The Bertz CT molecular complexity index is 453. The normalized spacial score (nSPS) is 16.2. The Morgan fingerprint density at radius 3 is 2.61 bits per heavy atom. The van der Waals surface area contributed by atoms with E-state index in [2.05, 4.69) is 0 Å². The van der Waals surface area contributed by atoms with Crippen LogP contribution in [0.4, 0.5) is 4.39 Å². The van der Waals surface area contributed by atoms with Crippen LogP contribution in [0, 0.1) is 11.7 Å². The number of carbonyl (C=O) groups excluding carboxylic acids is 1. The molecule has 0 amide bonds. The van der Waals surface area contributed by atoms with Gasteiger partial charge in [-0.2, -0.15) is 0 Å². The van der Waals surface area contributed by atoms with Gasteiger partial charge in [-0.3, -0.25) is 4.79 Å². The lowest BCUT2D eigenvalue weighted by Crippen LogP contribution is -2.04. The number of hydrogen-bond donors (Lipinski definition) is 0. The predicted molar refractivity (Wildman–Crippen MR) is 71.9 cm³/mol. The third kappa shape index (κ3) is 3.24. The minimum absolute atomic E-state index is 0.115. The Morgan fingerprint density at radius 2 is 1.94 bits per heavy atom. The number of Topliss-reactive ketones (excluding diaryl/α,β-unsaturated/α-hetero) is 1. The van der Waals surface area contributed by atoms with E-state index >= 15 is 0 Å². The van der Waals surface area contributed by atoms with Crippen molar-refractivity contribution in [2.24, 2.45) is 5.92 Å². The van der Waals surface area contributed by atoms with Gasteiger partial charge in [-0.25, -0.2) is 4.39 Å². The highest BCUT2D eigenvalue weighted by atomic mass is 35.5. The molecule has 0 saturated heterocycles. The zero-order valence-corrected chi connectivity index (χ0v) is 11.5. The second-order valence-electron chi connectivity index (χ2n) is 4.86. The van der Waals surface area contributed by atoms with Crippen LogP contribution in [-0.4, -0.2) is 5.78 Å². The minimum atomic E-state index is -0.631. The molecule has 1 aromatic rings. The maximum atomic E-state index is 13.4. The van der Waals surface area contributed by atoms with Gasteiger partial charge in [-0.05, 0) is 24.5 Å². The maximum Gasteiger partial charge on any atom is 0.164 e. The summed E-state index contributed by atoms with van der Waals surface area (Å²) in [6.07, 6.45) is 6.19. The van der Waals surface area contributed by atoms with E-state index in [4.69, 9.17) is 23.2 Å². The van der Waals surface area contributed by atoms with E-state index in [-0.39, 0.29) is 21.4 Å². The van der Waals surface area contributed by atoms with Crippen molar-refractivity contribution in [3.05, 3.63) is 33.6 Å². The van der Waals surface area contributed by atoms with Crippen LogP contribution in [0.2, 0.25) is 10.0 Å². The number of ketones is 1. The van der Waals surface area contributed by atoms with Crippen LogP contribution in [-0.2, 0) is 0 Å². The lowest BCUT2D eigenvalue weighted by atomic mass is 9.97. The number of rotatable bonds is 4. The monoisotopic (exact) mass is 288 g/mol. The summed E-state index contributed by atoms with van der Waals surface area (Å²) in [6, 6.07) is 2.57. The van der Waals surface area contributed by atoms with Crippen molar-refractivity contribution < 1.29 is 9.18 Å². The average Bonchev–Trinajstić information content (AvgIpc) is 2.83. The standard InChI is InChI=1S/C14H15Cl2FO/c15-10-7-11(14(16)12(17)8-10)13(18)6-5-9-3-1-2-4-9/h7-9H,1-6H2. The minimum Gasteiger partial charge on any atom is -0.294 e. The van der Waals surface area contributed by atoms with Crippen molar-refractivity contribution in [2.45, 2.75) is 38.5 Å².